The Morgan fingerprint density at radius 3 is 2.93 bits per heavy atom. The van der Waals surface area contributed by atoms with E-state index in [1.54, 1.807) is 0 Å². The van der Waals surface area contributed by atoms with Crippen molar-refractivity contribution >= 4 is 5.69 Å². The van der Waals surface area contributed by atoms with Gasteiger partial charge in [0.15, 0.2) is 0 Å². The Hall–Kier alpha value is -1.53. The third-order valence-corrected chi connectivity index (χ3v) is 2.73. The molecule has 0 saturated carbocycles. The fourth-order valence-electron chi connectivity index (χ4n) is 1.88. The molecule has 3 heteroatoms. The molecular weight excluding hydrogens is 174 g/mol. The van der Waals surface area contributed by atoms with Gasteiger partial charge in [0.2, 0.25) is 0 Å². The fourth-order valence-corrected chi connectivity index (χ4v) is 1.88. The molecule has 3 N–H and O–H groups in total. The normalized spacial score (nSPS) is 20.6. The van der Waals surface area contributed by atoms with Gasteiger partial charge in [-0.3, -0.25) is 0 Å². The van der Waals surface area contributed by atoms with Gasteiger partial charge in [-0.1, -0.05) is 6.07 Å². The van der Waals surface area contributed by atoms with Crippen LogP contribution in [-0.2, 0) is 0 Å². The summed E-state index contributed by atoms with van der Waals surface area (Å²) in [6.07, 6.45) is 1.16. The zero-order chi connectivity index (χ0) is 9.97. The minimum atomic E-state index is 0.560. The van der Waals surface area contributed by atoms with Gasteiger partial charge in [-0.25, -0.2) is 0 Å². The molecule has 0 radical (unpaired) electrons. The van der Waals surface area contributed by atoms with E-state index in [1.807, 2.05) is 18.2 Å². The number of rotatable bonds is 1. The molecule has 3 nitrogen and oxygen atoms in total. The van der Waals surface area contributed by atoms with Gasteiger partial charge in [0.1, 0.15) is 6.07 Å². The van der Waals surface area contributed by atoms with Crippen molar-refractivity contribution in [2.75, 3.05) is 18.8 Å². The molecule has 14 heavy (non-hydrogen) atoms. The molecule has 1 atom stereocenters. The summed E-state index contributed by atoms with van der Waals surface area (Å²) in [4.78, 5) is 0. The van der Waals surface area contributed by atoms with Crippen molar-refractivity contribution in [1.29, 1.82) is 5.26 Å². The highest BCUT2D eigenvalue weighted by atomic mass is 14.9. The van der Waals surface area contributed by atoms with Gasteiger partial charge in [-0.15, -0.1) is 0 Å². The van der Waals surface area contributed by atoms with Crippen molar-refractivity contribution in [2.45, 2.75) is 12.3 Å². The number of nitrogens with one attached hydrogen (secondary N) is 1. The lowest BCUT2D eigenvalue weighted by molar-refractivity contribution is 0.764. The van der Waals surface area contributed by atoms with Crippen molar-refractivity contribution in [3.05, 3.63) is 29.3 Å². The molecule has 0 amide bonds. The number of anilines is 1. The first-order chi connectivity index (χ1) is 6.81. The van der Waals surface area contributed by atoms with Crippen molar-refractivity contribution in [2.24, 2.45) is 0 Å². The molecule has 1 heterocycles. The molecule has 1 aliphatic heterocycles. The van der Waals surface area contributed by atoms with E-state index in [4.69, 9.17) is 11.0 Å². The smallest absolute Gasteiger partial charge is 0.101 e. The minimum Gasteiger partial charge on any atom is -0.398 e. The largest absolute Gasteiger partial charge is 0.398 e. The van der Waals surface area contributed by atoms with Gasteiger partial charge in [-0.2, -0.15) is 5.26 Å². The third-order valence-electron chi connectivity index (χ3n) is 2.73. The van der Waals surface area contributed by atoms with Crippen molar-refractivity contribution in [1.82, 2.24) is 5.32 Å². The van der Waals surface area contributed by atoms with Crippen molar-refractivity contribution in [3.8, 4) is 6.07 Å². The highest BCUT2D eigenvalue weighted by Crippen LogP contribution is 2.25. The average Bonchev–Trinajstić information content (AvgIpc) is 2.70. The van der Waals surface area contributed by atoms with E-state index in [0.717, 1.165) is 19.5 Å². The molecule has 0 bridgehead atoms. The van der Waals surface area contributed by atoms with Gasteiger partial charge in [-0.05, 0) is 36.6 Å². The van der Waals surface area contributed by atoms with Crippen LogP contribution in [-0.4, -0.2) is 13.1 Å². The minimum absolute atomic E-state index is 0.560. The standard InChI is InChI=1S/C11H13N3/c12-6-9-2-1-8(5-11(9)13)10-3-4-14-7-10/h1-2,5,10,14H,3-4,7,13H2. The quantitative estimate of drug-likeness (QED) is 0.650. The molecule has 0 aliphatic carbocycles. The van der Waals surface area contributed by atoms with E-state index < -0.39 is 0 Å². The monoisotopic (exact) mass is 187 g/mol. The Morgan fingerprint density at radius 2 is 2.36 bits per heavy atom. The summed E-state index contributed by atoms with van der Waals surface area (Å²) < 4.78 is 0. The van der Waals surface area contributed by atoms with Crippen LogP contribution in [0.4, 0.5) is 5.69 Å². The number of benzene rings is 1. The fraction of sp³-hybridized carbons (Fsp3) is 0.364. The second-order valence-corrected chi connectivity index (χ2v) is 3.65. The SMILES string of the molecule is N#Cc1ccc(C2CCNC2)cc1N. The van der Waals surface area contributed by atoms with E-state index in [2.05, 4.69) is 11.4 Å². The zero-order valence-corrected chi connectivity index (χ0v) is 7.96. The molecule has 1 aliphatic rings. The Kier molecular flexibility index (Phi) is 2.38. The van der Waals surface area contributed by atoms with Gasteiger partial charge in [0.25, 0.3) is 0 Å². The van der Waals surface area contributed by atoms with Gasteiger partial charge in [0, 0.05) is 12.2 Å². The number of nitriles is 1. The van der Waals surface area contributed by atoms with Crippen LogP contribution in [0.3, 0.4) is 0 Å². The summed E-state index contributed by atoms with van der Waals surface area (Å²) in [6, 6.07) is 7.81. The molecular formula is C11H13N3. The predicted octanol–water partition coefficient (Wildman–Crippen LogP) is 1.22. The third kappa shape index (κ3) is 1.57. The Balaban J connectivity index is 2.28. The summed E-state index contributed by atoms with van der Waals surface area (Å²) in [6.45, 7) is 2.09. The topological polar surface area (TPSA) is 61.8 Å². The lowest BCUT2D eigenvalue weighted by atomic mass is 9.96. The Morgan fingerprint density at radius 1 is 1.50 bits per heavy atom. The summed E-state index contributed by atoms with van der Waals surface area (Å²) in [5, 5.41) is 12.0. The number of hydrogen-bond acceptors (Lipinski definition) is 3. The molecule has 72 valence electrons. The lowest BCUT2D eigenvalue weighted by Crippen LogP contribution is -2.08. The summed E-state index contributed by atoms with van der Waals surface area (Å²) in [5.74, 6) is 0.560. The highest BCUT2D eigenvalue weighted by Gasteiger charge is 2.16. The van der Waals surface area contributed by atoms with Crippen LogP contribution in [0.2, 0.25) is 0 Å². The Bertz CT molecular complexity index is 373. The summed E-state index contributed by atoms with van der Waals surface area (Å²) >= 11 is 0. The van der Waals surface area contributed by atoms with Gasteiger partial charge >= 0.3 is 0 Å². The van der Waals surface area contributed by atoms with Crippen LogP contribution in [0.15, 0.2) is 18.2 Å². The molecule has 1 fully saturated rings. The van der Waals surface area contributed by atoms with Crippen LogP contribution in [0, 0.1) is 11.3 Å². The zero-order valence-electron chi connectivity index (χ0n) is 7.96. The van der Waals surface area contributed by atoms with E-state index in [-0.39, 0.29) is 0 Å². The first-order valence-electron chi connectivity index (χ1n) is 4.81. The van der Waals surface area contributed by atoms with Crippen LogP contribution >= 0.6 is 0 Å². The van der Waals surface area contributed by atoms with Gasteiger partial charge in [0.05, 0.1) is 5.56 Å². The van der Waals surface area contributed by atoms with E-state index >= 15 is 0 Å². The lowest BCUT2D eigenvalue weighted by Gasteiger charge is -2.09. The maximum Gasteiger partial charge on any atom is 0.101 e. The van der Waals surface area contributed by atoms with Crippen molar-refractivity contribution < 1.29 is 0 Å². The van der Waals surface area contributed by atoms with E-state index in [1.165, 1.54) is 5.56 Å². The van der Waals surface area contributed by atoms with Gasteiger partial charge < -0.3 is 11.1 Å². The average molecular weight is 187 g/mol. The molecule has 1 aromatic rings. The first-order valence-corrected chi connectivity index (χ1v) is 4.81. The maximum absolute atomic E-state index is 8.73. The molecule has 1 saturated heterocycles. The van der Waals surface area contributed by atoms with Crippen molar-refractivity contribution in [3.63, 3.8) is 0 Å². The van der Waals surface area contributed by atoms with Crippen LogP contribution in [0.1, 0.15) is 23.5 Å². The van der Waals surface area contributed by atoms with Crippen LogP contribution < -0.4 is 11.1 Å². The van der Waals surface area contributed by atoms with Crippen LogP contribution in [0.25, 0.3) is 0 Å². The molecule has 2 rings (SSSR count). The number of nitrogen functional groups attached to an aromatic ring is 1. The van der Waals surface area contributed by atoms with E-state index in [9.17, 15) is 0 Å². The molecule has 0 spiro atoms. The predicted molar refractivity (Wildman–Crippen MR) is 55.8 cm³/mol. The molecule has 1 unspecified atom stereocenters. The number of nitrogens with zero attached hydrogens (tertiary/aromatic N) is 1. The molecule has 1 aromatic carbocycles. The first kappa shape index (κ1) is 9.04. The second kappa shape index (κ2) is 3.69. The highest BCUT2D eigenvalue weighted by molar-refractivity contribution is 5.56. The summed E-state index contributed by atoms with van der Waals surface area (Å²) in [5.41, 5.74) is 8.16. The number of nitrogens with two attached hydrogens (primary N) is 1. The summed E-state index contributed by atoms with van der Waals surface area (Å²) in [7, 11) is 0. The van der Waals surface area contributed by atoms with E-state index in [0.29, 0.717) is 17.2 Å². The molecule has 0 aromatic heterocycles. The Labute approximate surface area is 83.5 Å². The maximum atomic E-state index is 8.73. The number of hydrogen-bond donors (Lipinski definition) is 2. The second-order valence-electron chi connectivity index (χ2n) is 3.65. The van der Waals surface area contributed by atoms with Crippen LogP contribution in [0.5, 0.6) is 0 Å².